The molecule has 0 aromatic rings. The van der Waals surface area contributed by atoms with Gasteiger partial charge < -0.3 is 29.9 Å². The van der Waals surface area contributed by atoms with Gasteiger partial charge in [-0.1, -0.05) is 6.92 Å². The standard InChI is InChI=1S/2C8H19NO3/c1-12-8-2-3-9(4-6-10)5-7-11;1-3-8(12-2)9(4-6-10)5-7-11/h10-11H,2-8H2,1H3;8,10-11H,3-7H2,1-2H3. The maximum absolute atomic E-state index is 8.72. The second-order valence-electron chi connectivity index (χ2n) is 5.22. The number of nitrogens with zero attached hydrogens (tertiary/aromatic N) is 2. The van der Waals surface area contributed by atoms with E-state index in [2.05, 4.69) is 0 Å². The van der Waals surface area contributed by atoms with E-state index in [-0.39, 0.29) is 32.7 Å². The van der Waals surface area contributed by atoms with Crippen molar-refractivity contribution in [3.63, 3.8) is 0 Å². The topological polar surface area (TPSA) is 106 Å². The normalized spacial score (nSPS) is 12.4. The molecule has 0 aliphatic carbocycles. The van der Waals surface area contributed by atoms with Crippen LogP contribution in [0.2, 0.25) is 0 Å². The molecule has 8 nitrogen and oxygen atoms in total. The number of ether oxygens (including phenoxy) is 2. The predicted octanol–water partition coefficient (Wildman–Crippen LogP) is -1.03. The van der Waals surface area contributed by atoms with Gasteiger partial charge in [-0.2, -0.15) is 0 Å². The average Bonchev–Trinajstić information content (AvgIpc) is 2.57. The molecule has 1 unspecified atom stereocenters. The van der Waals surface area contributed by atoms with Gasteiger partial charge in [-0.3, -0.25) is 9.80 Å². The fourth-order valence-corrected chi connectivity index (χ4v) is 2.28. The van der Waals surface area contributed by atoms with Gasteiger partial charge in [0.2, 0.25) is 0 Å². The van der Waals surface area contributed by atoms with Crippen LogP contribution in [0.1, 0.15) is 19.8 Å². The predicted molar refractivity (Wildman–Crippen MR) is 93.9 cm³/mol. The molecule has 0 radical (unpaired) electrons. The molecule has 0 saturated heterocycles. The lowest BCUT2D eigenvalue weighted by Crippen LogP contribution is -2.40. The van der Waals surface area contributed by atoms with E-state index in [0.29, 0.717) is 26.2 Å². The van der Waals surface area contributed by atoms with Crippen molar-refractivity contribution in [1.29, 1.82) is 0 Å². The molecule has 1 atom stereocenters. The van der Waals surface area contributed by atoms with Gasteiger partial charge in [0.1, 0.15) is 6.23 Å². The van der Waals surface area contributed by atoms with Crippen LogP contribution >= 0.6 is 0 Å². The molecule has 0 aliphatic heterocycles. The minimum Gasteiger partial charge on any atom is -0.395 e. The summed E-state index contributed by atoms with van der Waals surface area (Å²) in [6, 6.07) is 0. The fourth-order valence-electron chi connectivity index (χ4n) is 2.28. The Kier molecular flexibility index (Phi) is 22.4. The van der Waals surface area contributed by atoms with Gasteiger partial charge in [0.15, 0.2) is 0 Å². The lowest BCUT2D eigenvalue weighted by atomic mass is 10.3. The molecule has 148 valence electrons. The number of aliphatic hydroxyl groups excluding tert-OH is 4. The first kappa shape index (κ1) is 25.9. The number of aliphatic hydroxyl groups is 4. The molecule has 0 fully saturated rings. The van der Waals surface area contributed by atoms with Gasteiger partial charge >= 0.3 is 0 Å². The van der Waals surface area contributed by atoms with Crippen LogP contribution in [0.15, 0.2) is 0 Å². The Balaban J connectivity index is 0. The SMILES string of the molecule is CCC(OC)N(CCO)CCO.COCCCN(CCO)CCO. The molecule has 0 aromatic heterocycles. The van der Waals surface area contributed by atoms with Crippen molar-refractivity contribution in [3.8, 4) is 0 Å². The summed E-state index contributed by atoms with van der Waals surface area (Å²) in [5.74, 6) is 0. The van der Waals surface area contributed by atoms with Crippen molar-refractivity contribution in [2.24, 2.45) is 0 Å². The molecule has 4 N–H and O–H groups in total. The zero-order chi connectivity index (χ0) is 18.6. The molecule has 0 rings (SSSR count). The van der Waals surface area contributed by atoms with Crippen molar-refractivity contribution in [2.45, 2.75) is 26.0 Å². The summed E-state index contributed by atoms with van der Waals surface area (Å²) >= 11 is 0. The highest BCUT2D eigenvalue weighted by atomic mass is 16.5. The van der Waals surface area contributed by atoms with Gasteiger partial charge in [0.05, 0.1) is 26.4 Å². The molecule has 8 heteroatoms. The summed E-state index contributed by atoms with van der Waals surface area (Å²) in [7, 11) is 3.30. The third-order valence-electron chi connectivity index (χ3n) is 3.46. The number of hydrogen-bond acceptors (Lipinski definition) is 8. The van der Waals surface area contributed by atoms with E-state index in [1.54, 1.807) is 14.2 Å². The molecule has 24 heavy (non-hydrogen) atoms. The Morgan fingerprint density at radius 2 is 1.29 bits per heavy atom. The quantitative estimate of drug-likeness (QED) is 0.218. The number of hydrogen-bond donors (Lipinski definition) is 4. The highest BCUT2D eigenvalue weighted by Crippen LogP contribution is 2.03. The van der Waals surface area contributed by atoms with E-state index >= 15 is 0 Å². The first-order valence-electron chi connectivity index (χ1n) is 8.56. The Labute approximate surface area is 146 Å². The summed E-state index contributed by atoms with van der Waals surface area (Å²) in [5.41, 5.74) is 0. The molecule has 0 bridgehead atoms. The van der Waals surface area contributed by atoms with Crippen LogP contribution < -0.4 is 0 Å². The second-order valence-corrected chi connectivity index (χ2v) is 5.22. The number of rotatable bonds is 15. The van der Waals surface area contributed by atoms with Gasteiger partial charge in [0, 0.05) is 53.6 Å². The maximum Gasteiger partial charge on any atom is 0.110 e. The summed E-state index contributed by atoms with van der Waals surface area (Å²) in [4.78, 5) is 3.93. The van der Waals surface area contributed by atoms with Crippen molar-refractivity contribution >= 4 is 0 Å². The van der Waals surface area contributed by atoms with Crippen LogP contribution in [0.25, 0.3) is 0 Å². The highest BCUT2D eigenvalue weighted by Gasteiger charge is 2.13. The molecular formula is C16H38N2O6. The fraction of sp³-hybridized carbons (Fsp3) is 1.00. The summed E-state index contributed by atoms with van der Waals surface area (Å²) < 4.78 is 10.1. The van der Waals surface area contributed by atoms with Gasteiger partial charge in [-0.25, -0.2) is 0 Å². The minimum absolute atomic E-state index is 0.00398. The van der Waals surface area contributed by atoms with Gasteiger partial charge in [-0.05, 0) is 12.8 Å². The lowest BCUT2D eigenvalue weighted by Gasteiger charge is -2.28. The van der Waals surface area contributed by atoms with E-state index in [9.17, 15) is 0 Å². The molecule has 0 heterocycles. The molecule has 0 saturated carbocycles. The Morgan fingerprint density at radius 1 is 0.792 bits per heavy atom. The first-order valence-corrected chi connectivity index (χ1v) is 8.56. The molecular weight excluding hydrogens is 316 g/mol. The molecule has 0 amide bonds. The van der Waals surface area contributed by atoms with Crippen molar-refractivity contribution < 1.29 is 29.9 Å². The van der Waals surface area contributed by atoms with Crippen LogP contribution in [0.3, 0.4) is 0 Å². The van der Waals surface area contributed by atoms with Crippen molar-refractivity contribution in [2.75, 3.05) is 80.0 Å². The average molecular weight is 354 g/mol. The van der Waals surface area contributed by atoms with E-state index in [1.165, 1.54) is 0 Å². The first-order chi connectivity index (χ1) is 11.6. The smallest absolute Gasteiger partial charge is 0.110 e. The lowest BCUT2D eigenvalue weighted by molar-refractivity contribution is -0.0464. The monoisotopic (exact) mass is 354 g/mol. The Bertz CT molecular complexity index is 221. The van der Waals surface area contributed by atoms with Crippen LogP contribution in [0.5, 0.6) is 0 Å². The van der Waals surface area contributed by atoms with E-state index in [0.717, 1.165) is 26.0 Å². The summed E-state index contributed by atoms with van der Waals surface area (Å²) in [6.45, 7) is 6.45. The van der Waals surface area contributed by atoms with E-state index in [1.807, 2.05) is 16.7 Å². The van der Waals surface area contributed by atoms with Crippen LogP contribution in [-0.2, 0) is 9.47 Å². The highest BCUT2D eigenvalue weighted by molar-refractivity contribution is 4.60. The van der Waals surface area contributed by atoms with Crippen LogP contribution in [-0.4, -0.2) is 116 Å². The number of methoxy groups -OCH3 is 2. The summed E-state index contributed by atoms with van der Waals surface area (Å²) in [6.07, 6.45) is 1.80. The van der Waals surface area contributed by atoms with Gasteiger partial charge in [-0.15, -0.1) is 0 Å². The van der Waals surface area contributed by atoms with E-state index in [4.69, 9.17) is 29.9 Å². The third kappa shape index (κ3) is 15.2. The van der Waals surface area contributed by atoms with Crippen LogP contribution in [0, 0.1) is 0 Å². The third-order valence-corrected chi connectivity index (χ3v) is 3.46. The molecule has 0 aromatic carbocycles. The summed E-state index contributed by atoms with van der Waals surface area (Å²) in [5, 5.41) is 34.8. The molecule has 0 spiro atoms. The zero-order valence-corrected chi connectivity index (χ0v) is 15.6. The second kappa shape index (κ2) is 20.7. The largest absolute Gasteiger partial charge is 0.395 e. The van der Waals surface area contributed by atoms with E-state index < -0.39 is 0 Å². The maximum atomic E-state index is 8.72. The van der Waals surface area contributed by atoms with Crippen LogP contribution in [0.4, 0.5) is 0 Å². The minimum atomic E-state index is 0.00398. The Hall–Kier alpha value is -0.320. The Morgan fingerprint density at radius 3 is 1.62 bits per heavy atom. The van der Waals surface area contributed by atoms with Gasteiger partial charge in [0.25, 0.3) is 0 Å². The zero-order valence-electron chi connectivity index (χ0n) is 15.6. The van der Waals surface area contributed by atoms with Crippen molar-refractivity contribution in [1.82, 2.24) is 9.80 Å². The molecule has 0 aliphatic rings. The van der Waals surface area contributed by atoms with Crippen molar-refractivity contribution in [3.05, 3.63) is 0 Å².